The average Bonchev–Trinajstić information content (AvgIpc) is 2.44. The Morgan fingerprint density at radius 2 is 2.05 bits per heavy atom. The molecular formula is C13H12O6. The molecule has 19 heavy (non-hydrogen) atoms. The molecule has 1 aromatic heterocycles. The Kier molecular flexibility index (Phi) is 3.70. The van der Waals surface area contributed by atoms with Crippen LogP contribution < -0.4 is 14.9 Å². The lowest BCUT2D eigenvalue weighted by Gasteiger charge is -2.10. The van der Waals surface area contributed by atoms with Crippen molar-refractivity contribution in [2.24, 2.45) is 0 Å². The van der Waals surface area contributed by atoms with Crippen LogP contribution in [-0.4, -0.2) is 26.8 Å². The summed E-state index contributed by atoms with van der Waals surface area (Å²) >= 11 is 0. The van der Waals surface area contributed by atoms with Crippen molar-refractivity contribution < 1.29 is 23.4 Å². The molecule has 0 saturated heterocycles. The van der Waals surface area contributed by atoms with Gasteiger partial charge < -0.3 is 18.6 Å². The Morgan fingerprint density at radius 1 is 1.26 bits per heavy atom. The molecular weight excluding hydrogens is 252 g/mol. The summed E-state index contributed by atoms with van der Waals surface area (Å²) in [5.74, 6) is 0.126. The Morgan fingerprint density at radius 3 is 2.74 bits per heavy atom. The van der Waals surface area contributed by atoms with Crippen LogP contribution in [0.25, 0.3) is 11.0 Å². The van der Waals surface area contributed by atoms with Gasteiger partial charge in [0.2, 0.25) is 0 Å². The Balaban J connectivity index is 2.43. The van der Waals surface area contributed by atoms with Crippen molar-refractivity contribution >= 4 is 16.9 Å². The number of fused-ring (bicyclic) bond motifs is 1. The molecule has 0 fully saturated rings. The molecule has 0 N–H and O–H groups in total. The van der Waals surface area contributed by atoms with E-state index in [1.165, 1.54) is 38.7 Å². The number of rotatable bonds is 4. The van der Waals surface area contributed by atoms with Gasteiger partial charge in [-0.2, -0.15) is 0 Å². The number of hydrogen-bond acceptors (Lipinski definition) is 6. The van der Waals surface area contributed by atoms with Crippen molar-refractivity contribution in [1.82, 2.24) is 0 Å². The quantitative estimate of drug-likeness (QED) is 0.776. The van der Waals surface area contributed by atoms with E-state index in [0.717, 1.165) is 0 Å². The number of carbonyl (C=O) groups excluding carboxylic acids is 1. The largest absolute Gasteiger partial charge is 0.493 e. The minimum absolute atomic E-state index is 0.181. The second-order valence-electron chi connectivity index (χ2n) is 3.65. The van der Waals surface area contributed by atoms with Crippen LogP contribution in [0.5, 0.6) is 11.5 Å². The lowest BCUT2D eigenvalue weighted by Crippen LogP contribution is -2.13. The normalized spacial score (nSPS) is 10.2. The maximum absolute atomic E-state index is 11.6. The summed E-state index contributed by atoms with van der Waals surface area (Å²) in [6.07, 6.45) is 1.29. The van der Waals surface area contributed by atoms with E-state index >= 15 is 0 Å². The molecule has 0 bridgehead atoms. The summed E-state index contributed by atoms with van der Waals surface area (Å²) < 4.78 is 20.1. The van der Waals surface area contributed by atoms with Crippen molar-refractivity contribution in [3.05, 3.63) is 34.7 Å². The minimum Gasteiger partial charge on any atom is -0.493 e. The molecule has 1 heterocycles. The molecule has 0 saturated carbocycles. The zero-order valence-corrected chi connectivity index (χ0v) is 10.5. The lowest BCUT2D eigenvalue weighted by molar-refractivity contribution is -0.142. The molecule has 0 aliphatic heterocycles. The van der Waals surface area contributed by atoms with Crippen LogP contribution in [0.1, 0.15) is 0 Å². The van der Waals surface area contributed by atoms with Crippen molar-refractivity contribution in [3.8, 4) is 11.5 Å². The van der Waals surface area contributed by atoms with Gasteiger partial charge in [0, 0.05) is 12.1 Å². The Labute approximate surface area is 108 Å². The molecule has 0 radical (unpaired) electrons. The first-order valence-electron chi connectivity index (χ1n) is 5.45. The predicted octanol–water partition coefficient (Wildman–Crippen LogP) is 1.35. The van der Waals surface area contributed by atoms with Gasteiger partial charge in [-0.3, -0.25) is 4.79 Å². The summed E-state index contributed by atoms with van der Waals surface area (Å²) in [5, 5.41) is 0.379. The smallest absolute Gasteiger partial charge is 0.343 e. The summed E-state index contributed by atoms with van der Waals surface area (Å²) in [7, 11) is 2.71. The zero-order valence-electron chi connectivity index (χ0n) is 10.5. The van der Waals surface area contributed by atoms with Crippen LogP contribution in [0.4, 0.5) is 0 Å². The first-order valence-corrected chi connectivity index (χ1v) is 5.45. The number of ether oxygens (including phenoxy) is 3. The van der Waals surface area contributed by atoms with Crippen LogP contribution in [0.2, 0.25) is 0 Å². The van der Waals surface area contributed by atoms with Crippen molar-refractivity contribution in [1.29, 1.82) is 0 Å². The Bertz CT molecular complexity index is 658. The van der Waals surface area contributed by atoms with Gasteiger partial charge in [-0.15, -0.1) is 0 Å². The highest BCUT2D eigenvalue weighted by Gasteiger charge is 2.12. The van der Waals surface area contributed by atoms with E-state index in [2.05, 4.69) is 4.74 Å². The predicted molar refractivity (Wildman–Crippen MR) is 66.5 cm³/mol. The van der Waals surface area contributed by atoms with Crippen LogP contribution in [0, 0.1) is 0 Å². The van der Waals surface area contributed by atoms with Gasteiger partial charge in [0.25, 0.3) is 0 Å². The first kappa shape index (κ1) is 12.9. The third kappa shape index (κ3) is 2.67. The van der Waals surface area contributed by atoms with E-state index in [-0.39, 0.29) is 12.0 Å². The maximum atomic E-state index is 11.6. The molecule has 1 aromatic carbocycles. The number of benzene rings is 1. The fourth-order valence-corrected chi connectivity index (χ4v) is 1.56. The Hall–Kier alpha value is -2.50. The minimum atomic E-state index is -0.517. The van der Waals surface area contributed by atoms with Crippen molar-refractivity contribution in [2.45, 2.75) is 0 Å². The number of carbonyl (C=O) groups is 1. The highest BCUT2D eigenvalue weighted by atomic mass is 16.6. The highest BCUT2D eigenvalue weighted by Crippen LogP contribution is 2.31. The van der Waals surface area contributed by atoms with Crippen LogP contribution in [-0.2, 0) is 9.53 Å². The third-order valence-corrected chi connectivity index (χ3v) is 2.52. The molecule has 100 valence electrons. The molecule has 0 spiro atoms. The topological polar surface area (TPSA) is 75.0 Å². The SMILES string of the molecule is COC(=O)COc1cc2occc(=O)c2cc1OC. The van der Waals surface area contributed by atoms with E-state index in [1.807, 2.05) is 0 Å². The van der Waals surface area contributed by atoms with E-state index in [9.17, 15) is 9.59 Å². The van der Waals surface area contributed by atoms with Crippen LogP contribution >= 0.6 is 0 Å². The summed E-state index contributed by atoms with van der Waals surface area (Å²) in [4.78, 5) is 22.7. The molecule has 6 nitrogen and oxygen atoms in total. The molecule has 0 aliphatic rings. The van der Waals surface area contributed by atoms with Crippen molar-refractivity contribution in [3.63, 3.8) is 0 Å². The summed E-state index contributed by atoms with van der Waals surface area (Å²) in [5.41, 5.74) is 0.173. The maximum Gasteiger partial charge on any atom is 0.343 e. The van der Waals surface area contributed by atoms with E-state index in [1.54, 1.807) is 0 Å². The van der Waals surface area contributed by atoms with Crippen LogP contribution in [0.15, 0.2) is 33.7 Å². The summed E-state index contributed by atoms with van der Waals surface area (Å²) in [6.45, 7) is -0.255. The average molecular weight is 264 g/mol. The zero-order chi connectivity index (χ0) is 13.8. The number of methoxy groups -OCH3 is 2. The second-order valence-corrected chi connectivity index (χ2v) is 3.65. The molecule has 0 aliphatic carbocycles. The van der Waals surface area contributed by atoms with Gasteiger partial charge in [-0.25, -0.2) is 4.79 Å². The van der Waals surface area contributed by atoms with Gasteiger partial charge >= 0.3 is 5.97 Å². The van der Waals surface area contributed by atoms with Gasteiger partial charge in [-0.05, 0) is 6.07 Å². The van der Waals surface area contributed by atoms with Gasteiger partial charge in [-0.1, -0.05) is 0 Å². The first-order chi connectivity index (χ1) is 9.15. The van der Waals surface area contributed by atoms with Gasteiger partial charge in [0.05, 0.1) is 25.9 Å². The fraction of sp³-hybridized carbons (Fsp3) is 0.231. The monoisotopic (exact) mass is 264 g/mol. The van der Waals surface area contributed by atoms with Gasteiger partial charge in [0.15, 0.2) is 23.5 Å². The number of hydrogen-bond donors (Lipinski definition) is 0. The second kappa shape index (κ2) is 5.43. The molecule has 0 unspecified atom stereocenters. The molecule has 6 heteroatoms. The van der Waals surface area contributed by atoms with E-state index < -0.39 is 5.97 Å². The lowest BCUT2D eigenvalue weighted by atomic mass is 10.2. The van der Waals surface area contributed by atoms with E-state index in [0.29, 0.717) is 22.5 Å². The third-order valence-electron chi connectivity index (χ3n) is 2.52. The molecule has 0 amide bonds. The van der Waals surface area contributed by atoms with Gasteiger partial charge in [0.1, 0.15) is 5.58 Å². The standard InChI is InChI=1S/C13H12O6/c1-16-11-5-8-9(14)3-4-18-10(8)6-12(11)19-7-13(15)17-2/h3-6H,7H2,1-2H3. The summed E-state index contributed by atoms with van der Waals surface area (Å²) in [6, 6.07) is 4.32. The molecule has 2 rings (SSSR count). The van der Waals surface area contributed by atoms with Crippen molar-refractivity contribution in [2.75, 3.05) is 20.8 Å². The molecule has 0 atom stereocenters. The fourth-order valence-electron chi connectivity index (χ4n) is 1.56. The number of esters is 1. The molecule has 2 aromatic rings. The van der Waals surface area contributed by atoms with Crippen LogP contribution in [0.3, 0.4) is 0 Å². The van der Waals surface area contributed by atoms with E-state index in [4.69, 9.17) is 13.9 Å². The highest BCUT2D eigenvalue weighted by molar-refractivity contribution is 5.81.